The Kier molecular flexibility index (Phi) is 9.14. The van der Waals surface area contributed by atoms with Gasteiger partial charge in [0.15, 0.2) is 5.96 Å². The highest BCUT2D eigenvalue weighted by atomic mass is 127. The second-order valence-electron chi connectivity index (χ2n) is 5.23. The van der Waals surface area contributed by atoms with E-state index in [-0.39, 0.29) is 24.0 Å². The van der Waals surface area contributed by atoms with E-state index in [1.165, 1.54) is 5.56 Å². The van der Waals surface area contributed by atoms with Crippen molar-refractivity contribution in [1.29, 1.82) is 0 Å². The summed E-state index contributed by atoms with van der Waals surface area (Å²) in [6.45, 7) is 5.35. The van der Waals surface area contributed by atoms with E-state index in [9.17, 15) is 0 Å². The molecule has 6 heteroatoms. The van der Waals surface area contributed by atoms with Crippen molar-refractivity contribution in [3.63, 3.8) is 0 Å². The fourth-order valence-electron chi connectivity index (χ4n) is 2.03. The Balaban J connectivity index is 0.00000288. The van der Waals surface area contributed by atoms with Crippen molar-refractivity contribution in [2.24, 2.45) is 10.7 Å². The highest BCUT2D eigenvalue weighted by molar-refractivity contribution is 14.0. The smallest absolute Gasteiger partial charge is 0.213 e. The molecule has 2 aromatic rings. The van der Waals surface area contributed by atoms with Crippen LogP contribution in [0.4, 0.5) is 5.69 Å². The summed E-state index contributed by atoms with van der Waals surface area (Å²) in [6.07, 6.45) is 3.72. The van der Waals surface area contributed by atoms with E-state index in [1.54, 1.807) is 6.20 Å². The molecule has 0 unspecified atom stereocenters. The predicted molar refractivity (Wildman–Crippen MR) is 110 cm³/mol. The minimum absolute atomic E-state index is 0. The van der Waals surface area contributed by atoms with Gasteiger partial charge in [-0.15, -0.1) is 24.0 Å². The summed E-state index contributed by atoms with van der Waals surface area (Å²) < 4.78 is 5.45. The van der Waals surface area contributed by atoms with Gasteiger partial charge in [0.25, 0.3) is 0 Å². The number of hydrogen-bond donors (Lipinski definition) is 2. The Morgan fingerprint density at radius 1 is 1.21 bits per heavy atom. The van der Waals surface area contributed by atoms with Gasteiger partial charge in [-0.25, -0.2) is 9.98 Å². The van der Waals surface area contributed by atoms with Crippen molar-refractivity contribution in [1.82, 2.24) is 4.98 Å². The molecule has 0 radical (unpaired) electrons. The molecule has 0 aliphatic rings. The number of nitrogens with zero attached hydrogens (tertiary/aromatic N) is 2. The molecule has 0 aliphatic heterocycles. The van der Waals surface area contributed by atoms with Gasteiger partial charge in [0, 0.05) is 18.0 Å². The van der Waals surface area contributed by atoms with Crippen molar-refractivity contribution < 1.29 is 4.74 Å². The SMILES string of the molecule is CCCOc1ccc(CN=C(N)Nc2cccc(CC)c2)cn1.I. The van der Waals surface area contributed by atoms with Gasteiger partial charge in [-0.1, -0.05) is 32.0 Å². The van der Waals surface area contributed by atoms with E-state index in [4.69, 9.17) is 10.5 Å². The first-order valence-electron chi connectivity index (χ1n) is 7.95. The number of aliphatic imine (C=N–C) groups is 1. The number of rotatable bonds is 7. The molecule has 3 N–H and O–H groups in total. The summed E-state index contributed by atoms with van der Waals surface area (Å²) in [4.78, 5) is 8.59. The van der Waals surface area contributed by atoms with Crippen molar-refractivity contribution >= 4 is 35.6 Å². The van der Waals surface area contributed by atoms with Crippen LogP contribution in [0.1, 0.15) is 31.4 Å². The number of anilines is 1. The molecule has 1 heterocycles. The van der Waals surface area contributed by atoms with Crippen LogP contribution in [0.15, 0.2) is 47.6 Å². The zero-order valence-corrected chi connectivity index (χ0v) is 16.5. The molecule has 0 saturated heterocycles. The third-order valence-corrected chi connectivity index (χ3v) is 3.29. The number of ether oxygens (including phenoxy) is 1. The standard InChI is InChI=1S/C18H24N4O.HI/c1-3-10-23-17-9-8-15(12-20-17)13-21-18(19)22-16-7-5-6-14(4-2)11-16;/h5-9,11-12H,3-4,10,13H2,1-2H3,(H3,19,21,22);1H. The van der Waals surface area contributed by atoms with Crippen molar-refractivity contribution in [3.05, 3.63) is 53.7 Å². The normalized spacial score (nSPS) is 10.8. The van der Waals surface area contributed by atoms with Crippen LogP contribution in [0.3, 0.4) is 0 Å². The van der Waals surface area contributed by atoms with Gasteiger partial charge in [0.1, 0.15) is 0 Å². The molecule has 0 spiro atoms. The third-order valence-electron chi connectivity index (χ3n) is 3.29. The fraction of sp³-hybridized carbons (Fsp3) is 0.333. The molecule has 2 rings (SSSR count). The number of aromatic nitrogens is 1. The quantitative estimate of drug-likeness (QED) is 0.388. The molecule has 1 aromatic carbocycles. The van der Waals surface area contributed by atoms with Crippen LogP contribution in [0.5, 0.6) is 5.88 Å². The van der Waals surface area contributed by atoms with E-state index in [1.807, 2.05) is 24.3 Å². The van der Waals surface area contributed by atoms with E-state index >= 15 is 0 Å². The molecule has 0 atom stereocenters. The Morgan fingerprint density at radius 2 is 2.04 bits per heavy atom. The molecule has 0 amide bonds. The Morgan fingerprint density at radius 3 is 2.71 bits per heavy atom. The van der Waals surface area contributed by atoms with Crippen LogP contribution in [-0.2, 0) is 13.0 Å². The molecule has 0 bridgehead atoms. The van der Waals surface area contributed by atoms with Gasteiger partial charge in [-0.3, -0.25) is 0 Å². The van der Waals surface area contributed by atoms with Gasteiger partial charge in [-0.05, 0) is 36.1 Å². The van der Waals surface area contributed by atoms with Crippen LogP contribution >= 0.6 is 24.0 Å². The average Bonchev–Trinajstić information content (AvgIpc) is 2.59. The number of aryl methyl sites for hydroxylation is 1. The van der Waals surface area contributed by atoms with Crippen LogP contribution in [0, 0.1) is 0 Å². The van der Waals surface area contributed by atoms with Gasteiger partial charge < -0.3 is 15.8 Å². The highest BCUT2D eigenvalue weighted by Crippen LogP contribution is 2.11. The monoisotopic (exact) mass is 440 g/mol. The molecule has 24 heavy (non-hydrogen) atoms. The lowest BCUT2D eigenvalue weighted by Gasteiger charge is -2.07. The zero-order chi connectivity index (χ0) is 16.5. The zero-order valence-electron chi connectivity index (χ0n) is 14.2. The van der Waals surface area contributed by atoms with Gasteiger partial charge >= 0.3 is 0 Å². The number of nitrogens with one attached hydrogen (secondary N) is 1. The number of benzene rings is 1. The number of halogens is 1. The minimum atomic E-state index is 0. The summed E-state index contributed by atoms with van der Waals surface area (Å²) in [6, 6.07) is 12.0. The van der Waals surface area contributed by atoms with E-state index in [2.05, 4.69) is 41.3 Å². The lowest BCUT2D eigenvalue weighted by Crippen LogP contribution is -2.22. The van der Waals surface area contributed by atoms with Crippen LogP contribution < -0.4 is 15.8 Å². The summed E-state index contributed by atoms with van der Waals surface area (Å²) >= 11 is 0. The van der Waals surface area contributed by atoms with E-state index < -0.39 is 0 Å². The Labute approximate surface area is 160 Å². The Hall–Kier alpha value is -1.83. The number of pyridine rings is 1. The van der Waals surface area contributed by atoms with Crippen LogP contribution in [0.25, 0.3) is 0 Å². The highest BCUT2D eigenvalue weighted by Gasteiger charge is 1.99. The maximum absolute atomic E-state index is 5.93. The third kappa shape index (κ3) is 6.74. The molecule has 1 aromatic heterocycles. The van der Waals surface area contributed by atoms with Crippen LogP contribution in [-0.4, -0.2) is 17.6 Å². The molecular weight excluding hydrogens is 415 g/mol. The molecule has 0 saturated carbocycles. The summed E-state index contributed by atoms with van der Waals surface area (Å²) in [5, 5.41) is 3.11. The summed E-state index contributed by atoms with van der Waals surface area (Å²) in [5.74, 6) is 1.03. The second kappa shape index (κ2) is 10.9. The molecule has 0 fully saturated rings. The lowest BCUT2D eigenvalue weighted by atomic mass is 10.1. The Bertz CT molecular complexity index is 644. The fourth-order valence-corrected chi connectivity index (χ4v) is 2.03. The average molecular weight is 440 g/mol. The molecule has 5 nitrogen and oxygen atoms in total. The van der Waals surface area contributed by atoms with Gasteiger partial charge in [0.05, 0.1) is 13.2 Å². The molecule has 130 valence electrons. The largest absolute Gasteiger partial charge is 0.478 e. The predicted octanol–water partition coefficient (Wildman–Crippen LogP) is 3.98. The lowest BCUT2D eigenvalue weighted by molar-refractivity contribution is 0.305. The second-order valence-corrected chi connectivity index (χ2v) is 5.23. The summed E-state index contributed by atoms with van der Waals surface area (Å²) in [7, 11) is 0. The maximum Gasteiger partial charge on any atom is 0.213 e. The number of nitrogens with two attached hydrogens (primary N) is 1. The first-order valence-corrected chi connectivity index (χ1v) is 7.95. The van der Waals surface area contributed by atoms with Crippen molar-refractivity contribution in [2.75, 3.05) is 11.9 Å². The molecule has 0 aliphatic carbocycles. The first kappa shape index (κ1) is 20.2. The first-order chi connectivity index (χ1) is 11.2. The minimum Gasteiger partial charge on any atom is -0.478 e. The van der Waals surface area contributed by atoms with Gasteiger partial charge in [-0.2, -0.15) is 0 Å². The number of guanidine groups is 1. The van der Waals surface area contributed by atoms with Crippen molar-refractivity contribution in [3.8, 4) is 5.88 Å². The summed E-state index contributed by atoms with van der Waals surface area (Å²) in [5.41, 5.74) is 9.13. The van der Waals surface area contributed by atoms with Crippen molar-refractivity contribution in [2.45, 2.75) is 33.2 Å². The van der Waals surface area contributed by atoms with E-state index in [0.29, 0.717) is 25.0 Å². The molecular formula is C18H25IN4O. The van der Waals surface area contributed by atoms with E-state index in [0.717, 1.165) is 24.1 Å². The number of hydrogen-bond acceptors (Lipinski definition) is 3. The maximum atomic E-state index is 5.93. The van der Waals surface area contributed by atoms with Gasteiger partial charge in [0.2, 0.25) is 5.88 Å². The van der Waals surface area contributed by atoms with Crippen LogP contribution in [0.2, 0.25) is 0 Å². The topological polar surface area (TPSA) is 72.5 Å².